The molecule has 2 aliphatic carbocycles. The fourth-order valence-corrected chi connectivity index (χ4v) is 2.49. The maximum atomic E-state index is 12.4. The molecule has 1 aromatic rings. The summed E-state index contributed by atoms with van der Waals surface area (Å²) in [5, 5.41) is 8.30. The summed E-state index contributed by atoms with van der Waals surface area (Å²) >= 11 is 0. The van der Waals surface area contributed by atoms with Crippen LogP contribution in [0.3, 0.4) is 0 Å². The summed E-state index contributed by atoms with van der Waals surface area (Å²) in [5.74, 6) is -0.512. The van der Waals surface area contributed by atoms with Crippen molar-refractivity contribution in [2.24, 2.45) is 5.92 Å². The first kappa shape index (κ1) is 16.5. The van der Waals surface area contributed by atoms with Gasteiger partial charge in [-0.05, 0) is 31.2 Å². The number of benzene rings is 1. The third-order valence-electron chi connectivity index (χ3n) is 4.23. The van der Waals surface area contributed by atoms with Crippen LogP contribution in [0.15, 0.2) is 30.3 Å². The van der Waals surface area contributed by atoms with E-state index in [9.17, 15) is 14.4 Å². The van der Waals surface area contributed by atoms with Gasteiger partial charge in [0.25, 0.3) is 0 Å². The topological polar surface area (TPSA) is 87.3 Å². The molecule has 0 aliphatic heterocycles. The Morgan fingerprint density at radius 1 is 1.04 bits per heavy atom. The lowest BCUT2D eigenvalue weighted by Crippen LogP contribution is -2.51. The molecule has 1 aromatic carbocycles. The Hall–Kier alpha value is -2.37. The first-order valence-electron chi connectivity index (χ1n) is 8.53. The predicted octanol–water partition coefficient (Wildman–Crippen LogP) is 0.519. The van der Waals surface area contributed by atoms with Crippen molar-refractivity contribution in [3.63, 3.8) is 0 Å². The van der Waals surface area contributed by atoms with Gasteiger partial charge in [-0.25, -0.2) is 0 Å². The summed E-state index contributed by atoms with van der Waals surface area (Å²) in [7, 11) is 0. The van der Waals surface area contributed by atoms with Gasteiger partial charge in [-0.15, -0.1) is 0 Å². The lowest BCUT2D eigenvalue weighted by molar-refractivity contribution is -0.130. The van der Waals surface area contributed by atoms with E-state index in [1.54, 1.807) is 0 Å². The Morgan fingerprint density at radius 2 is 1.75 bits per heavy atom. The molecular weight excluding hydrogens is 306 g/mol. The van der Waals surface area contributed by atoms with Crippen LogP contribution < -0.4 is 16.0 Å². The highest BCUT2D eigenvalue weighted by Crippen LogP contribution is 2.28. The van der Waals surface area contributed by atoms with E-state index < -0.39 is 6.04 Å². The molecular formula is C18H23N3O3. The van der Waals surface area contributed by atoms with Gasteiger partial charge in [0.2, 0.25) is 17.7 Å². The van der Waals surface area contributed by atoms with Crippen LogP contribution >= 0.6 is 0 Å². The second kappa shape index (κ2) is 7.47. The highest BCUT2D eigenvalue weighted by Gasteiger charge is 2.31. The molecule has 2 aliphatic rings. The summed E-state index contributed by atoms with van der Waals surface area (Å²) in [6, 6.07) is 9.19. The van der Waals surface area contributed by atoms with Gasteiger partial charge in [0.05, 0.1) is 6.54 Å². The number of amides is 3. The third kappa shape index (κ3) is 5.08. The Morgan fingerprint density at radius 3 is 2.38 bits per heavy atom. The van der Waals surface area contributed by atoms with Crippen molar-refractivity contribution in [1.82, 2.24) is 16.0 Å². The van der Waals surface area contributed by atoms with Gasteiger partial charge in [-0.2, -0.15) is 0 Å². The Bertz CT molecular complexity index is 609. The van der Waals surface area contributed by atoms with Crippen LogP contribution in [0.1, 0.15) is 31.2 Å². The van der Waals surface area contributed by atoms with E-state index in [4.69, 9.17) is 0 Å². The number of nitrogens with one attached hydrogen (secondary N) is 3. The molecule has 6 heteroatoms. The quantitative estimate of drug-likeness (QED) is 0.650. The molecule has 0 radical (unpaired) electrons. The molecule has 3 amide bonds. The van der Waals surface area contributed by atoms with E-state index in [1.807, 2.05) is 30.3 Å². The largest absolute Gasteiger partial charge is 0.352 e. The SMILES string of the molecule is O=C(CNC(=O)C1CC1)N[C@@H](Cc1ccccc1)C(=O)NC1CC1. The molecule has 3 N–H and O–H groups in total. The van der Waals surface area contributed by atoms with Crippen LogP contribution in [0.4, 0.5) is 0 Å². The zero-order valence-electron chi connectivity index (χ0n) is 13.6. The van der Waals surface area contributed by atoms with Gasteiger partial charge in [0, 0.05) is 18.4 Å². The number of carbonyl (C=O) groups excluding carboxylic acids is 3. The highest BCUT2D eigenvalue weighted by atomic mass is 16.2. The van der Waals surface area contributed by atoms with E-state index in [0.29, 0.717) is 6.42 Å². The molecule has 128 valence electrons. The van der Waals surface area contributed by atoms with E-state index >= 15 is 0 Å². The minimum absolute atomic E-state index is 0.0658. The summed E-state index contributed by atoms with van der Waals surface area (Å²) in [6.45, 7) is -0.0860. The lowest BCUT2D eigenvalue weighted by atomic mass is 10.1. The van der Waals surface area contributed by atoms with Gasteiger partial charge in [0.1, 0.15) is 6.04 Å². The first-order chi connectivity index (χ1) is 11.6. The summed E-state index contributed by atoms with van der Waals surface area (Å²) in [5.41, 5.74) is 0.982. The van der Waals surface area contributed by atoms with Crippen molar-refractivity contribution < 1.29 is 14.4 Å². The van der Waals surface area contributed by atoms with Crippen molar-refractivity contribution in [1.29, 1.82) is 0 Å². The van der Waals surface area contributed by atoms with Crippen LogP contribution in [-0.2, 0) is 20.8 Å². The highest BCUT2D eigenvalue weighted by molar-refractivity contribution is 5.91. The van der Waals surface area contributed by atoms with Crippen molar-refractivity contribution in [2.45, 2.75) is 44.2 Å². The van der Waals surface area contributed by atoms with Crippen LogP contribution in [-0.4, -0.2) is 36.3 Å². The average Bonchev–Trinajstić information content (AvgIpc) is 3.46. The molecule has 0 saturated heterocycles. The molecule has 2 fully saturated rings. The third-order valence-corrected chi connectivity index (χ3v) is 4.23. The normalized spacial score (nSPS) is 17.7. The number of hydrogen-bond donors (Lipinski definition) is 3. The summed E-state index contributed by atoms with van der Waals surface area (Å²) < 4.78 is 0. The minimum atomic E-state index is -0.627. The molecule has 24 heavy (non-hydrogen) atoms. The van der Waals surface area contributed by atoms with Crippen molar-refractivity contribution >= 4 is 17.7 Å². The Balaban J connectivity index is 1.54. The average molecular weight is 329 g/mol. The zero-order chi connectivity index (χ0) is 16.9. The van der Waals surface area contributed by atoms with Crippen molar-refractivity contribution in [3.05, 3.63) is 35.9 Å². The number of carbonyl (C=O) groups is 3. The predicted molar refractivity (Wildman–Crippen MR) is 89.0 cm³/mol. The molecule has 1 atom stereocenters. The molecule has 0 spiro atoms. The fraction of sp³-hybridized carbons (Fsp3) is 0.500. The standard InChI is InChI=1S/C18H23N3O3/c22-16(11-19-17(23)13-6-7-13)21-15(18(24)20-14-8-9-14)10-12-4-2-1-3-5-12/h1-5,13-15H,6-11H2,(H,19,23)(H,20,24)(H,21,22)/t15-/m0/s1. The Labute approximate surface area is 141 Å². The molecule has 0 unspecified atom stereocenters. The van der Waals surface area contributed by atoms with Crippen LogP contribution in [0.5, 0.6) is 0 Å². The molecule has 0 aromatic heterocycles. The Kier molecular flexibility index (Phi) is 5.13. The van der Waals surface area contributed by atoms with Crippen LogP contribution in [0.25, 0.3) is 0 Å². The van der Waals surface area contributed by atoms with Gasteiger partial charge in [-0.3, -0.25) is 14.4 Å². The van der Waals surface area contributed by atoms with E-state index in [-0.39, 0.29) is 36.2 Å². The molecule has 6 nitrogen and oxygen atoms in total. The van der Waals surface area contributed by atoms with E-state index in [0.717, 1.165) is 31.2 Å². The summed E-state index contributed by atoms with van der Waals surface area (Å²) in [6.07, 6.45) is 4.22. The minimum Gasteiger partial charge on any atom is -0.352 e. The second-order valence-corrected chi connectivity index (χ2v) is 6.58. The number of hydrogen-bond acceptors (Lipinski definition) is 3. The van der Waals surface area contributed by atoms with Crippen LogP contribution in [0.2, 0.25) is 0 Å². The zero-order valence-corrected chi connectivity index (χ0v) is 13.6. The second-order valence-electron chi connectivity index (χ2n) is 6.58. The van der Waals surface area contributed by atoms with Gasteiger partial charge >= 0.3 is 0 Å². The molecule has 0 heterocycles. The molecule has 0 bridgehead atoms. The van der Waals surface area contributed by atoms with E-state index in [2.05, 4.69) is 16.0 Å². The van der Waals surface area contributed by atoms with Crippen LogP contribution in [0, 0.1) is 5.92 Å². The maximum absolute atomic E-state index is 12.4. The number of rotatable bonds is 8. The monoisotopic (exact) mass is 329 g/mol. The summed E-state index contributed by atoms with van der Waals surface area (Å²) in [4.78, 5) is 36.1. The molecule has 3 rings (SSSR count). The van der Waals surface area contributed by atoms with Crippen molar-refractivity contribution in [2.75, 3.05) is 6.54 Å². The van der Waals surface area contributed by atoms with Gasteiger partial charge in [0.15, 0.2) is 0 Å². The van der Waals surface area contributed by atoms with Crippen molar-refractivity contribution in [3.8, 4) is 0 Å². The maximum Gasteiger partial charge on any atom is 0.243 e. The molecule has 2 saturated carbocycles. The van der Waals surface area contributed by atoms with E-state index in [1.165, 1.54) is 0 Å². The smallest absolute Gasteiger partial charge is 0.243 e. The first-order valence-corrected chi connectivity index (χ1v) is 8.53. The van der Waals surface area contributed by atoms with Gasteiger partial charge < -0.3 is 16.0 Å². The fourth-order valence-electron chi connectivity index (χ4n) is 2.49. The lowest BCUT2D eigenvalue weighted by Gasteiger charge is -2.19. The van der Waals surface area contributed by atoms with Gasteiger partial charge in [-0.1, -0.05) is 30.3 Å².